The number of hydrogen-bond donors (Lipinski definition) is 3. The van der Waals surface area contributed by atoms with Crippen LogP contribution >= 0.6 is 11.8 Å². The summed E-state index contributed by atoms with van der Waals surface area (Å²) in [6.07, 6.45) is 5.03. The Hall–Kier alpha value is -0.460. The molecule has 0 aliphatic carbocycles. The van der Waals surface area contributed by atoms with Gasteiger partial charge in [-0.05, 0) is 31.3 Å². The number of nitrogens with one attached hydrogen (secondary N) is 2. The van der Waals surface area contributed by atoms with Crippen molar-refractivity contribution in [2.75, 3.05) is 52.0 Å². The number of rotatable bonds is 8. The van der Waals surface area contributed by atoms with Gasteiger partial charge in [-0.1, -0.05) is 0 Å². The average molecular weight is 289 g/mol. The lowest BCUT2D eigenvalue weighted by Gasteiger charge is -2.27. The summed E-state index contributed by atoms with van der Waals surface area (Å²) in [4.78, 5) is 4.22. The van der Waals surface area contributed by atoms with Crippen LogP contribution in [0.5, 0.6) is 0 Å². The molecule has 0 radical (unpaired) electrons. The summed E-state index contributed by atoms with van der Waals surface area (Å²) in [5.74, 6) is 2.00. The lowest BCUT2D eigenvalue weighted by atomic mass is 9.84. The van der Waals surface area contributed by atoms with E-state index in [2.05, 4.69) is 21.9 Å². The van der Waals surface area contributed by atoms with Crippen LogP contribution in [-0.4, -0.2) is 63.0 Å². The highest BCUT2D eigenvalue weighted by Crippen LogP contribution is 2.31. The predicted octanol–water partition coefficient (Wildman–Crippen LogP) is 0.694. The molecule has 1 aliphatic rings. The van der Waals surface area contributed by atoms with E-state index in [-0.39, 0.29) is 12.0 Å². The van der Waals surface area contributed by atoms with E-state index >= 15 is 0 Å². The molecule has 112 valence electrons. The Labute approximate surface area is 120 Å². The molecule has 5 nitrogen and oxygen atoms in total. The Morgan fingerprint density at radius 2 is 2.32 bits per heavy atom. The van der Waals surface area contributed by atoms with E-state index in [1.165, 1.54) is 0 Å². The van der Waals surface area contributed by atoms with Crippen LogP contribution in [0, 0.1) is 5.41 Å². The molecule has 1 heterocycles. The molecule has 1 unspecified atom stereocenters. The summed E-state index contributed by atoms with van der Waals surface area (Å²) in [5, 5.41) is 15.8. The highest BCUT2D eigenvalue weighted by atomic mass is 32.2. The highest BCUT2D eigenvalue weighted by molar-refractivity contribution is 7.98. The van der Waals surface area contributed by atoms with E-state index in [9.17, 15) is 5.11 Å². The topological polar surface area (TPSA) is 65.9 Å². The Balaban J connectivity index is 2.30. The van der Waals surface area contributed by atoms with Crippen LogP contribution < -0.4 is 10.6 Å². The fraction of sp³-hybridized carbons (Fsp3) is 0.923. The monoisotopic (exact) mass is 289 g/mol. The van der Waals surface area contributed by atoms with Gasteiger partial charge in [0.2, 0.25) is 0 Å². The first-order valence-corrected chi connectivity index (χ1v) is 8.28. The number of ether oxygens (including phenoxy) is 1. The van der Waals surface area contributed by atoms with Crippen LogP contribution in [0.1, 0.15) is 19.3 Å². The molecule has 1 atom stereocenters. The van der Waals surface area contributed by atoms with Crippen molar-refractivity contribution in [2.45, 2.75) is 19.3 Å². The second kappa shape index (κ2) is 9.44. The van der Waals surface area contributed by atoms with Crippen molar-refractivity contribution in [3.05, 3.63) is 0 Å². The van der Waals surface area contributed by atoms with Crippen LogP contribution in [0.15, 0.2) is 4.99 Å². The molecule has 1 saturated heterocycles. The second-order valence-electron chi connectivity index (χ2n) is 4.98. The first-order valence-electron chi connectivity index (χ1n) is 6.88. The fourth-order valence-corrected chi connectivity index (χ4v) is 2.66. The van der Waals surface area contributed by atoms with E-state index in [1.807, 2.05) is 11.8 Å². The average Bonchev–Trinajstić information content (AvgIpc) is 2.87. The Morgan fingerprint density at radius 1 is 1.47 bits per heavy atom. The molecule has 6 heteroatoms. The standard InChI is InChI=1S/C13H27N3O2S/c1-14-12(15-6-3-9-19-2)16-10-13(4-7-17)5-8-18-11-13/h17H,3-11H2,1-2H3,(H2,14,15,16). The molecule has 0 aromatic rings. The number of hydrogen-bond acceptors (Lipinski definition) is 4. The third-order valence-electron chi connectivity index (χ3n) is 3.50. The van der Waals surface area contributed by atoms with E-state index in [4.69, 9.17) is 4.74 Å². The molecule has 1 aliphatic heterocycles. The minimum Gasteiger partial charge on any atom is -0.396 e. The van der Waals surface area contributed by atoms with Crippen molar-refractivity contribution < 1.29 is 9.84 Å². The van der Waals surface area contributed by atoms with Gasteiger partial charge in [-0.15, -0.1) is 0 Å². The SMILES string of the molecule is CN=C(NCCCSC)NCC1(CCO)CCOC1. The molecule has 19 heavy (non-hydrogen) atoms. The summed E-state index contributed by atoms with van der Waals surface area (Å²) >= 11 is 1.86. The third kappa shape index (κ3) is 6.01. The molecule has 0 aromatic carbocycles. The zero-order valence-electron chi connectivity index (χ0n) is 12.1. The minimum absolute atomic E-state index is 0.0612. The number of aliphatic hydroxyl groups is 1. The van der Waals surface area contributed by atoms with Crippen LogP contribution in [-0.2, 0) is 4.74 Å². The normalized spacial score (nSPS) is 23.6. The molecule has 3 N–H and O–H groups in total. The van der Waals surface area contributed by atoms with Gasteiger partial charge in [0.25, 0.3) is 0 Å². The van der Waals surface area contributed by atoms with Crippen molar-refractivity contribution in [3.8, 4) is 0 Å². The predicted molar refractivity (Wildman–Crippen MR) is 81.9 cm³/mol. The van der Waals surface area contributed by atoms with Crippen LogP contribution in [0.3, 0.4) is 0 Å². The van der Waals surface area contributed by atoms with Crippen molar-refractivity contribution in [1.29, 1.82) is 0 Å². The molecule has 0 spiro atoms. The smallest absolute Gasteiger partial charge is 0.190 e. The maximum Gasteiger partial charge on any atom is 0.190 e. The van der Waals surface area contributed by atoms with Gasteiger partial charge in [0.15, 0.2) is 5.96 Å². The van der Waals surface area contributed by atoms with Crippen molar-refractivity contribution in [3.63, 3.8) is 0 Å². The van der Waals surface area contributed by atoms with Gasteiger partial charge < -0.3 is 20.5 Å². The number of aliphatic imine (C=N–C) groups is 1. The zero-order valence-corrected chi connectivity index (χ0v) is 12.9. The van der Waals surface area contributed by atoms with Crippen LogP contribution in [0.25, 0.3) is 0 Å². The van der Waals surface area contributed by atoms with Gasteiger partial charge in [0.1, 0.15) is 0 Å². The van der Waals surface area contributed by atoms with Crippen LogP contribution in [0.2, 0.25) is 0 Å². The van der Waals surface area contributed by atoms with E-state index < -0.39 is 0 Å². The molecule has 0 aromatic heterocycles. The summed E-state index contributed by atoms with van der Waals surface area (Å²) in [6.45, 7) is 3.47. The third-order valence-corrected chi connectivity index (χ3v) is 4.20. The van der Waals surface area contributed by atoms with E-state index in [1.54, 1.807) is 7.05 Å². The first kappa shape index (κ1) is 16.6. The van der Waals surface area contributed by atoms with E-state index in [0.717, 1.165) is 57.3 Å². The van der Waals surface area contributed by atoms with Gasteiger partial charge in [0, 0.05) is 38.8 Å². The second-order valence-corrected chi connectivity index (χ2v) is 5.96. The number of guanidine groups is 1. The lowest BCUT2D eigenvalue weighted by molar-refractivity contribution is 0.127. The molecular weight excluding hydrogens is 262 g/mol. The maximum absolute atomic E-state index is 9.18. The quantitative estimate of drug-likeness (QED) is 0.349. The minimum atomic E-state index is 0.0612. The summed E-state index contributed by atoms with van der Waals surface area (Å²) in [7, 11) is 1.79. The van der Waals surface area contributed by atoms with Gasteiger partial charge in [0.05, 0.1) is 6.61 Å². The van der Waals surface area contributed by atoms with Gasteiger partial charge in [-0.25, -0.2) is 0 Å². The van der Waals surface area contributed by atoms with Gasteiger partial charge >= 0.3 is 0 Å². The van der Waals surface area contributed by atoms with Gasteiger partial charge in [-0.2, -0.15) is 11.8 Å². The molecule has 0 bridgehead atoms. The van der Waals surface area contributed by atoms with Crippen molar-refractivity contribution >= 4 is 17.7 Å². The first-order chi connectivity index (χ1) is 9.26. The number of aliphatic hydroxyl groups excluding tert-OH is 1. The van der Waals surface area contributed by atoms with Crippen LogP contribution in [0.4, 0.5) is 0 Å². The van der Waals surface area contributed by atoms with Crippen molar-refractivity contribution in [2.24, 2.45) is 10.4 Å². The lowest BCUT2D eigenvalue weighted by Crippen LogP contribution is -2.44. The zero-order chi connectivity index (χ0) is 14.0. The molecular formula is C13H27N3O2S. The molecule has 0 amide bonds. The molecule has 1 rings (SSSR count). The van der Waals surface area contributed by atoms with E-state index in [0.29, 0.717) is 0 Å². The fourth-order valence-electron chi connectivity index (χ4n) is 2.23. The number of thioether (sulfide) groups is 1. The molecule has 0 saturated carbocycles. The van der Waals surface area contributed by atoms with Crippen molar-refractivity contribution in [1.82, 2.24) is 10.6 Å². The summed E-state index contributed by atoms with van der Waals surface area (Å²) < 4.78 is 5.48. The largest absolute Gasteiger partial charge is 0.396 e. The van der Waals surface area contributed by atoms with Gasteiger partial charge in [-0.3, -0.25) is 4.99 Å². The summed E-state index contributed by atoms with van der Waals surface area (Å²) in [6, 6.07) is 0. The number of nitrogens with zero attached hydrogens (tertiary/aromatic N) is 1. The molecule has 1 fully saturated rings. The maximum atomic E-state index is 9.18. The Morgan fingerprint density at radius 3 is 2.89 bits per heavy atom. The Kier molecular flexibility index (Phi) is 8.25. The Bertz CT molecular complexity index is 269. The summed E-state index contributed by atoms with van der Waals surface area (Å²) in [5.41, 5.74) is 0.0612. The highest BCUT2D eigenvalue weighted by Gasteiger charge is 2.34.